The molecule has 0 bridgehead atoms. The van der Waals surface area contributed by atoms with Gasteiger partial charge in [-0.2, -0.15) is 12.6 Å². The molecule has 1 aliphatic carbocycles. The lowest BCUT2D eigenvalue weighted by Gasteiger charge is -2.43. The highest BCUT2D eigenvalue weighted by molar-refractivity contribution is 7.80. The molecule has 1 aliphatic rings. The van der Waals surface area contributed by atoms with Crippen LogP contribution in [0.15, 0.2) is 0 Å². The van der Waals surface area contributed by atoms with E-state index < -0.39 is 83.5 Å². The molecule has 0 heterocycles. The Kier molecular flexibility index (Phi) is 28.9. The largest absolute Gasteiger partial charge is 0.472 e. The van der Waals surface area contributed by atoms with Crippen molar-refractivity contribution in [2.24, 2.45) is 0 Å². The minimum Gasteiger partial charge on any atom is -0.462 e. The van der Waals surface area contributed by atoms with Gasteiger partial charge >= 0.3 is 27.6 Å². The number of hydrogen-bond donors (Lipinski definition) is 8. The van der Waals surface area contributed by atoms with Crippen molar-refractivity contribution in [3.8, 4) is 0 Å². The fourth-order valence-electron chi connectivity index (χ4n) is 6.30. The predicted octanol–water partition coefficient (Wildman–Crippen LogP) is 5.80. The molecule has 0 saturated heterocycles. The Morgan fingerprint density at radius 2 is 0.945 bits per heavy atom. The molecule has 1 saturated carbocycles. The molecule has 0 aromatic carbocycles. The van der Waals surface area contributed by atoms with Gasteiger partial charge in [0.15, 0.2) is 6.10 Å². The van der Waals surface area contributed by atoms with Crippen molar-refractivity contribution in [2.75, 3.05) is 19.0 Å². The van der Waals surface area contributed by atoms with Crippen LogP contribution >= 0.6 is 28.3 Å². The highest BCUT2D eigenvalue weighted by Crippen LogP contribution is 2.48. The maximum absolute atomic E-state index is 12.9. The summed E-state index contributed by atoms with van der Waals surface area (Å²) in [5.74, 6) is -0.317. The van der Waals surface area contributed by atoms with Crippen molar-refractivity contribution >= 4 is 40.2 Å². The van der Waals surface area contributed by atoms with Gasteiger partial charge in [-0.05, 0) is 25.0 Å². The molecule has 0 aromatic rings. The van der Waals surface area contributed by atoms with Gasteiger partial charge in [0.25, 0.3) is 0 Å². The molecule has 55 heavy (non-hydrogen) atoms. The van der Waals surface area contributed by atoms with E-state index in [9.17, 15) is 44.0 Å². The number of esters is 2. The van der Waals surface area contributed by atoms with Crippen LogP contribution < -0.4 is 0 Å². The molecule has 0 aliphatic heterocycles. The molecular weight excluding hydrogens is 782 g/mol. The molecule has 1 fully saturated rings. The first-order chi connectivity index (χ1) is 26.1. The average Bonchev–Trinajstić information content (AvgIpc) is 3.13. The van der Waals surface area contributed by atoms with E-state index in [1.165, 1.54) is 51.4 Å². The summed E-state index contributed by atoms with van der Waals surface area (Å²) in [5.41, 5.74) is 0. The van der Waals surface area contributed by atoms with Crippen LogP contribution in [0.5, 0.6) is 0 Å². The number of hydrogen-bond acceptors (Lipinski definition) is 14. The molecule has 8 atom stereocenters. The van der Waals surface area contributed by atoms with Gasteiger partial charge in [0.1, 0.15) is 43.2 Å². The van der Waals surface area contributed by atoms with E-state index in [0.717, 1.165) is 76.4 Å². The molecule has 1 rings (SSSR count). The van der Waals surface area contributed by atoms with E-state index in [1.807, 2.05) is 0 Å². The van der Waals surface area contributed by atoms with Crippen molar-refractivity contribution in [3.63, 3.8) is 0 Å². The lowest BCUT2D eigenvalue weighted by atomic mass is 9.85. The van der Waals surface area contributed by atoms with Gasteiger partial charge in [-0.15, -0.1) is 0 Å². The van der Waals surface area contributed by atoms with E-state index >= 15 is 0 Å². The zero-order chi connectivity index (χ0) is 41.1. The Labute approximate surface area is 332 Å². The van der Waals surface area contributed by atoms with Crippen LogP contribution in [0.25, 0.3) is 0 Å². The summed E-state index contributed by atoms with van der Waals surface area (Å²) < 4.78 is 48.8. The number of unbranched alkanes of at least 4 members (excludes halogenated alkanes) is 19. The first-order valence-corrected chi connectivity index (χ1v) is 23.9. The standard InChI is InChI=1S/C36H70O16P2S/c1-2-3-4-5-6-7-8-9-10-11-15-18-21-24-30(38)50-28(26-48-29(37)23-20-17-14-12-13-16-19-22-25-55)27-49-54(46,47)52-36-33(41)31(39)35(32(40)34(36)42)51-53(43,44)45/h28,31-36,39-42,55H,2-27H2,1H3,(H,46,47)(H2,43,44,45)/t28-,31-,32+,33?,34-,35?,36?/m1/s1. The third-order valence-electron chi connectivity index (χ3n) is 9.49. The van der Waals surface area contributed by atoms with Gasteiger partial charge in [-0.25, -0.2) is 9.13 Å². The summed E-state index contributed by atoms with van der Waals surface area (Å²) in [6.07, 6.45) is 8.05. The number of ether oxygens (including phenoxy) is 2. The van der Waals surface area contributed by atoms with Gasteiger partial charge in [-0.1, -0.05) is 122 Å². The molecule has 7 N–H and O–H groups in total. The second kappa shape index (κ2) is 30.4. The fraction of sp³-hybridized carbons (Fsp3) is 0.944. The van der Waals surface area contributed by atoms with Crippen molar-refractivity contribution in [1.29, 1.82) is 0 Å². The summed E-state index contributed by atoms with van der Waals surface area (Å²) in [5, 5.41) is 41.2. The molecule has 0 radical (unpaired) electrons. The van der Waals surface area contributed by atoms with Gasteiger partial charge < -0.3 is 44.6 Å². The number of carbonyl (C=O) groups excluding carboxylic acids is 2. The number of rotatable bonds is 34. The van der Waals surface area contributed by atoms with Crippen molar-refractivity contribution in [1.82, 2.24) is 0 Å². The van der Waals surface area contributed by atoms with Crippen molar-refractivity contribution < 1.29 is 76.9 Å². The highest BCUT2D eigenvalue weighted by atomic mass is 32.1. The number of carbonyl (C=O) groups is 2. The number of aliphatic hydroxyl groups excluding tert-OH is 4. The van der Waals surface area contributed by atoms with E-state index in [1.54, 1.807) is 0 Å². The third kappa shape index (κ3) is 25.4. The molecule has 0 spiro atoms. The van der Waals surface area contributed by atoms with E-state index in [0.29, 0.717) is 12.8 Å². The van der Waals surface area contributed by atoms with Crippen LogP contribution in [0.1, 0.15) is 155 Å². The Balaban J connectivity index is 2.64. The van der Waals surface area contributed by atoms with Gasteiger partial charge in [0, 0.05) is 12.8 Å². The summed E-state index contributed by atoms with van der Waals surface area (Å²) in [4.78, 5) is 53.6. The van der Waals surface area contributed by atoms with Crippen LogP contribution in [0.4, 0.5) is 0 Å². The van der Waals surface area contributed by atoms with Gasteiger partial charge in [0.05, 0.1) is 6.61 Å². The molecule has 4 unspecified atom stereocenters. The second-order valence-electron chi connectivity index (χ2n) is 14.4. The summed E-state index contributed by atoms with van der Waals surface area (Å²) in [6.45, 7) is 0.899. The van der Waals surface area contributed by atoms with E-state index in [2.05, 4.69) is 24.1 Å². The first kappa shape index (κ1) is 52.4. The lowest BCUT2D eigenvalue weighted by Crippen LogP contribution is -2.64. The summed E-state index contributed by atoms with van der Waals surface area (Å²) >= 11 is 4.21. The minimum atomic E-state index is -5.30. The third-order valence-corrected chi connectivity index (χ3v) is 11.3. The van der Waals surface area contributed by atoms with Crippen LogP contribution in [0.3, 0.4) is 0 Å². The van der Waals surface area contributed by atoms with E-state index in [4.69, 9.17) is 28.3 Å². The SMILES string of the molecule is CCCCCCCCCCCCCCCC(=O)O[C@H](COC(=O)CCCCCCCCCCS)COP(=O)(O)OC1C(O)[C@@H](O)C(OP(=O)(O)O)[C@@H](O)[C@H]1O. The monoisotopic (exact) mass is 852 g/mol. The fourth-order valence-corrected chi connectivity index (χ4v) is 8.06. The Morgan fingerprint density at radius 1 is 0.564 bits per heavy atom. The maximum Gasteiger partial charge on any atom is 0.472 e. The van der Waals surface area contributed by atoms with Crippen LogP contribution in [0, 0.1) is 0 Å². The molecule has 0 aromatic heterocycles. The zero-order valence-corrected chi connectivity index (χ0v) is 35.3. The lowest BCUT2D eigenvalue weighted by molar-refractivity contribution is -0.216. The van der Waals surface area contributed by atoms with Crippen molar-refractivity contribution in [3.05, 3.63) is 0 Å². The predicted molar refractivity (Wildman–Crippen MR) is 208 cm³/mol. The van der Waals surface area contributed by atoms with Crippen LogP contribution in [-0.4, -0.2) is 109 Å². The maximum atomic E-state index is 12.9. The smallest absolute Gasteiger partial charge is 0.462 e. The van der Waals surface area contributed by atoms with Crippen LogP contribution in [-0.2, 0) is 41.8 Å². The molecular formula is C36H70O16P2S. The molecule has 326 valence electrons. The first-order valence-electron chi connectivity index (χ1n) is 20.2. The molecule has 0 amide bonds. The van der Waals surface area contributed by atoms with Crippen LogP contribution in [0.2, 0.25) is 0 Å². The topological polar surface area (TPSA) is 256 Å². The van der Waals surface area contributed by atoms with Crippen molar-refractivity contribution in [2.45, 2.75) is 197 Å². The Morgan fingerprint density at radius 3 is 1.36 bits per heavy atom. The number of thiol groups is 1. The Hall–Kier alpha value is -0.650. The van der Waals surface area contributed by atoms with Gasteiger partial charge in [0.2, 0.25) is 0 Å². The highest BCUT2D eigenvalue weighted by Gasteiger charge is 2.54. The molecule has 16 nitrogen and oxygen atoms in total. The number of phosphoric ester groups is 2. The number of phosphoric acid groups is 2. The average molecular weight is 853 g/mol. The Bertz CT molecular complexity index is 1100. The zero-order valence-electron chi connectivity index (χ0n) is 32.6. The second-order valence-corrected chi connectivity index (χ2v) is 17.5. The normalized spacial score (nSPS) is 23.3. The summed E-state index contributed by atoms with van der Waals surface area (Å²) in [6, 6.07) is 0. The number of aliphatic hydroxyl groups is 4. The quantitative estimate of drug-likeness (QED) is 0.0165. The minimum absolute atomic E-state index is 0.0538. The molecule has 19 heteroatoms. The van der Waals surface area contributed by atoms with E-state index in [-0.39, 0.29) is 12.8 Å². The van der Waals surface area contributed by atoms with Gasteiger partial charge in [-0.3, -0.25) is 23.2 Å². The summed E-state index contributed by atoms with van der Waals surface area (Å²) in [7, 11) is -10.6.